The van der Waals surface area contributed by atoms with Gasteiger partial charge >= 0.3 is 5.97 Å². The molecule has 0 amide bonds. The van der Waals surface area contributed by atoms with Crippen molar-refractivity contribution in [2.75, 3.05) is 19.8 Å². The van der Waals surface area contributed by atoms with Crippen molar-refractivity contribution in [1.82, 2.24) is 0 Å². The Morgan fingerprint density at radius 2 is 1.12 bits per heavy atom. The number of ether oxygens (including phenoxy) is 8. The molecule has 4 heterocycles. The Labute approximate surface area is 381 Å². The van der Waals surface area contributed by atoms with Gasteiger partial charge in [-0.3, -0.25) is 4.79 Å². The minimum Gasteiger partial charge on any atom is -0.432 e. The molecule has 4 aliphatic heterocycles. The SMILES string of the molecule is C=C1C[C@@]23CCC4[C@@](C)(CCC[C@@]4(C)C(=O)OC4O[C@H](CO)[C@@H](O)[C@H](O)[C@H]4O)C2CC[C@]1(O[C@@H]1O[C@H](CO)[C@@H](O)[C@H](O[C@H]2O[C@H](CO)[C@@H](O)[C@H](O)[C@H]2O)[C@H]1O[C@H]1O[C@H](C)[C@@H](O)[C@H](O)[C@@H]1O)C3. The van der Waals surface area contributed by atoms with Crippen molar-refractivity contribution >= 4 is 5.97 Å². The molecule has 22 nitrogen and oxygen atoms in total. The lowest BCUT2D eigenvalue weighted by Gasteiger charge is -2.64. The van der Waals surface area contributed by atoms with Crippen LogP contribution in [0.25, 0.3) is 0 Å². The number of aliphatic hydroxyl groups is 13. The van der Waals surface area contributed by atoms with E-state index in [0.29, 0.717) is 51.4 Å². The number of carbonyl (C=O) groups is 1. The molecule has 4 saturated heterocycles. The fourth-order valence-corrected chi connectivity index (χ4v) is 13.4. The van der Waals surface area contributed by atoms with Crippen molar-refractivity contribution in [3.05, 3.63) is 12.2 Å². The molecule has 26 atom stereocenters. The smallest absolute Gasteiger partial charge is 0.314 e. The molecule has 8 rings (SSSR count). The van der Waals surface area contributed by atoms with Gasteiger partial charge in [-0.2, -0.15) is 0 Å². The first kappa shape index (κ1) is 50.8. The first-order chi connectivity index (χ1) is 31.1. The van der Waals surface area contributed by atoms with E-state index in [1.54, 1.807) is 0 Å². The summed E-state index contributed by atoms with van der Waals surface area (Å²) in [6.45, 7) is 7.77. The first-order valence-electron chi connectivity index (χ1n) is 23.2. The summed E-state index contributed by atoms with van der Waals surface area (Å²) in [5.41, 5.74) is -2.19. The quantitative estimate of drug-likeness (QED) is 0.0532. The number of aliphatic hydroxyl groups excluding tert-OH is 13. The molecule has 0 aromatic rings. The molecule has 0 aromatic carbocycles. The standard InChI is InChI=1S/C44H70O22/c1-17-12-43-10-6-22-41(3,8-5-9-42(22,4)40(58)65-38-33(57)30(54)26(50)20(14-46)61-38)23(43)7-11-44(17,16-43)66-39-35(64-36-31(55)28(52)24(48)18(2)59-36)34(27(51)21(15-47)62-39)63-37-32(56)29(53)25(49)19(13-45)60-37/h18-39,45-57H,1,5-16H2,2-4H3/t18-,19-,20-,21-,22?,23?,24-,25-,26-,27-,28+,29+,30+,31+,32-,33-,34+,35-,36-,37-,38?,39+,41-,42-,43-,44+/m1/s1. The summed E-state index contributed by atoms with van der Waals surface area (Å²) < 4.78 is 48.4. The molecule has 4 aliphatic carbocycles. The van der Waals surface area contributed by atoms with Gasteiger partial charge in [0.15, 0.2) is 18.9 Å². The van der Waals surface area contributed by atoms with Crippen molar-refractivity contribution in [3.63, 3.8) is 0 Å². The minimum absolute atomic E-state index is 0.0493. The molecular formula is C44H70O22. The van der Waals surface area contributed by atoms with Crippen molar-refractivity contribution in [3.8, 4) is 0 Å². The van der Waals surface area contributed by atoms with Gasteiger partial charge in [0.25, 0.3) is 0 Å². The Bertz CT molecular complexity index is 1740. The first-order valence-corrected chi connectivity index (χ1v) is 23.2. The summed E-state index contributed by atoms with van der Waals surface area (Å²) in [6.07, 6.45) is -27.4. The lowest BCUT2D eigenvalue weighted by molar-refractivity contribution is -0.398. The third kappa shape index (κ3) is 8.30. The van der Waals surface area contributed by atoms with E-state index < -0.39 is 165 Å². The maximum atomic E-state index is 14.3. The molecule has 378 valence electrons. The van der Waals surface area contributed by atoms with E-state index in [9.17, 15) is 71.2 Å². The largest absolute Gasteiger partial charge is 0.432 e. The Hall–Kier alpha value is -1.59. The number of rotatable bonds is 11. The molecule has 0 radical (unpaired) electrons. The van der Waals surface area contributed by atoms with Gasteiger partial charge < -0.3 is 104 Å². The van der Waals surface area contributed by atoms with Crippen LogP contribution in [0.4, 0.5) is 0 Å². The molecule has 13 N–H and O–H groups in total. The molecule has 3 unspecified atom stereocenters. The van der Waals surface area contributed by atoms with E-state index in [1.807, 2.05) is 6.92 Å². The van der Waals surface area contributed by atoms with Gasteiger partial charge in [0, 0.05) is 0 Å². The van der Waals surface area contributed by atoms with Crippen LogP contribution in [0.3, 0.4) is 0 Å². The highest BCUT2D eigenvalue weighted by atomic mass is 16.8. The Morgan fingerprint density at radius 3 is 1.74 bits per heavy atom. The molecule has 0 aromatic heterocycles. The van der Waals surface area contributed by atoms with Gasteiger partial charge in [-0.05, 0) is 93.5 Å². The van der Waals surface area contributed by atoms with Gasteiger partial charge in [0.05, 0.1) is 36.9 Å². The highest BCUT2D eigenvalue weighted by molar-refractivity contribution is 5.77. The second kappa shape index (κ2) is 18.9. The number of hydrogen-bond donors (Lipinski definition) is 13. The maximum Gasteiger partial charge on any atom is 0.314 e. The van der Waals surface area contributed by atoms with Crippen LogP contribution in [0.1, 0.15) is 78.6 Å². The van der Waals surface area contributed by atoms with Crippen LogP contribution < -0.4 is 0 Å². The fraction of sp³-hybridized carbons (Fsp3) is 0.932. The van der Waals surface area contributed by atoms with Crippen LogP contribution in [0, 0.1) is 28.1 Å². The van der Waals surface area contributed by atoms with E-state index in [1.165, 1.54) is 6.92 Å². The number of esters is 1. The lowest BCUT2D eigenvalue weighted by Crippen LogP contribution is -2.67. The summed E-state index contributed by atoms with van der Waals surface area (Å²) in [5, 5.41) is 137. The van der Waals surface area contributed by atoms with Gasteiger partial charge in [-0.15, -0.1) is 0 Å². The van der Waals surface area contributed by atoms with Crippen LogP contribution in [-0.2, 0) is 42.7 Å². The van der Waals surface area contributed by atoms with Crippen molar-refractivity contribution in [2.45, 2.75) is 207 Å². The zero-order valence-corrected chi connectivity index (χ0v) is 37.4. The molecular weight excluding hydrogens is 880 g/mol. The summed E-state index contributed by atoms with van der Waals surface area (Å²) in [5.74, 6) is -0.750. The third-order valence-electron chi connectivity index (χ3n) is 17.0. The number of fused-ring (bicyclic) bond motifs is 3. The molecule has 8 aliphatic rings. The van der Waals surface area contributed by atoms with Crippen LogP contribution >= 0.6 is 0 Å². The predicted molar refractivity (Wildman–Crippen MR) is 218 cm³/mol. The van der Waals surface area contributed by atoms with Crippen LogP contribution in [-0.4, -0.2) is 221 Å². The fourth-order valence-electron chi connectivity index (χ4n) is 13.4. The van der Waals surface area contributed by atoms with Gasteiger partial charge in [-0.1, -0.05) is 19.9 Å². The zero-order valence-electron chi connectivity index (χ0n) is 37.4. The number of hydrogen-bond acceptors (Lipinski definition) is 22. The monoisotopic (exact) mass is 950 g/mol. The van der Waals surface area contributed by atoms with E-state index >= 15 is 0 Å². The highest BCUT2D eigenvalue weighted by Gasteiger charge is 2.70. The topological polar surface area (TPSA) is 354 Å². The summed E-state index contributed by atoms with van der Waals surface area (Å²) in [7, 11) is 0. The summed E-state index contributed by atoms with van der Waals surface area (Å²) in [6, 6.07) is 0. The second-order valence-corrected chi connectivity index (χ2v) is 20.8. The maximum absolute atomic E-state index is 14.3. The Kier molecular flexibility index (Phi) is 14.5. The third-order valence-corrected chi connectivity index (χ3v) is 17.0. The molecule has 4 saturated carbocycles. The summed E-state index contributed by atoms with van der Waals surface area (Å²) >= 11 is 0. The van der Waals surface area contributed by atoms with Crippen molar-refractivity contribution in [2.24, 2.45) is 28.1 Å². The van der Waals surface area contributed by atoms with Gasteiger partial charge in [-0.25, -0.2) is 0 Å². The molecule has 2 bridgehead atoms. The van der Waals surface area contributed by atoms with Crippen LogP contribution in [0.5, 0.6) is 0 Å². The van der Waals surface area contributed by atoms with Gasteiger partial charge in [0.2, 0.25) is 6.29 Å². The van der Waals surface area contributed by atoms with Crippen LogP contribution in [0.15, 0.2) is 12.2 Å². The summed E-state index contributed by atoms with van der Waals surface area (Å²) in [4.78, 5) is 14.3. The van der Waals surface area contributed by atoms with Gasteiger partial charge in [0.1, 0.15) is 91.6 Å². The molecule has 66 heavy (non-hydrogen) atoms. The van der Waals surface area contributed by atoms with E-state index in [4.69, 9.17) is 37.9 Å². The second-order valence-electron chi connectivity index (χ2n) is 20.8. The average molecular weight is 951 g/mol. The van der Waals surface area contributed by atoms with E-state index in [0.717, 1.165) is 12.0 Å². The van der Waals surface area contributed by atoms with Crippen LogP contribution in [0.2, 0.25) is 0 Å². The normalized spacial score (nSPS) is 55.2. The van der Waals surface area contributed by atoms with Crippen molar-refractivity contribution in [1.29, 1.82) is 0 Å². The number of carbonyl (C=O) groups excluding carboxylic acids is 1. The lowest BCUT2D eigenvalue weighted by atomic mass is 9.41. The Morgan fingerprint density at radius 1 is 0.606 bits per heavy atom. The average Bonchev–Trinajstić information content (AvgIpc) is 3.48. The highest BCUT2D eigenvalue weighted by Crippen LogP contribution is 2.73. The molecule has 1 spiro atoms. The molecule has 8 fully saturated rings. The Balaban J connectivity index is 1.06. The van der Waals surface area contributed by atoms with Crippen molar-refractivity contribution < 1.29 is 109 Å². The zero-order chi connectivity index (χ0) is 48.0. The predicted octanol–water partition coefficient (Wildman–Crippen LogP) is -4.09. The van der Waals surface area contributed by atoms with E-state index in [2.05, 4.69) is 13.5 Å². The van der Waals surface area contributed by atoms with E-state index in [-0.39, 0.29) is 17.3 Å². The molecule has 22 heteroatoms. The minimum atomic E-state index is -1.92.